The molecule has 0 spiro atoms. The van der Waals surface area contributed by atoms with Gasteiger partial charge < -0.3 is 19.6 Å². The van der Waals surface area contributed by atoms with Crippen LogP contribution in [0.5, 0.6) is 0 Å². The van der Waals surface area contributed by atoms with Crippen molar-refractivity contribution in [3.63, 3.8) is 0 Å². The molecule has 1 aromatic heterocycles. The molecule has 0 aliphatic heterocycles. The number of amides is 2. The molecule has 0 unspecified atom stereocenters. The summed E-state index contributed by atoms with van der Waals surface area (Å²) >= 11 is 0. The van der Waals surface area contributed by atoms with E-state index in [1.807, 2.05) is 0 Å². The van der Waals surface area contributed by atoms with E-state index in [4.69, 9.17) is 4.52 Å². The molecule has 0 aliphatic rings. The average molecular weight is 330 g/mol. The predicted octanol–water partition coefficient (Wildman–Crippen LogP) is 1.67. The molecule has 0 fully saturated rings. The highest BCUT2D eigenvalue weighted by atomic mass is 16.6. The number of rotatable bonds is 6. The van der Waals surface area contributed by atoms with Crippen molar-refractivity contribution in [1.29, 1.82) is 0 Å². The molecule has 0 radical (unpaired) electrons. The van der Waals surface area contributed by atoms with Gasteiger partial charge in [0.15, 0.2) is 5.82 Å². The molecule has 0 aliphatic carbocycles. The number of benzene rings is 1. The molecule has 1 N–H and O–H groups in total. The van der Waals surface area contributed by atoms with Gasteiger partial charge in [0.1, 0.15) is 12.9 Å². The van der Waals surface area contributed by atoms with Gasteiger partial charge in [-0.1, -0.05) is 22.4 Å². The van der Waals surface area contributed by atoms with Gasteiger partial charge in [-0.25, -0.2) is 0 Å². The first-order chi connectivity index (χ1) is 11.5. The van der Waals surface area contributed by atoms with Crippen LogP contribution < -0.4 is 5.32 Å². The Morgan fingerprint density at radius 1 is 1.38 bits per heavy atom. The second kappa shape index (κ2) is 7.91. The molecule has 126 valence electrons. The molecule has 0 saturated heterocycles. The minimum absolute atomic E-state index is 0.0996. The standard InChI is InChI=1S/C16H18N4O4/c1-11-8-14(19-24-11)18-15(21)10-20(2)16(22)13-6-4-12(5-7-13)9-17-23-3/h4-9H,10H2,1-3H3,(H,18,19,21)/b17-9+. The van der Waals surface area contributed by atoms with Gasteiger partial charge in [0.2, 0.25) is 5.91 Å². The lowest BCUT2D eigenvalue weighted by Crippen LogP contribution is -2.35. The van der Waals surface area contributed by atoms with Crippen molar-refractivity contribution in [2.75, 3.05) is 26.0 Å². The van der Waals surface area contributed by atoms with E-state index in [2.05, 4.69) is 20.5 Å². The highest BCUT2D eigenvalue weighted by molar-refractivity contribution is 5.99. The first-order valence-corrected chi connectivity index (χ1v) is 7.15. The number of hydrogen-bond acceptors (Lipinski definition) is 6. The number of hydrogen-bond donors (Lipinski definition) is 1. The van der Waals surface area contributed by atoms with Gasteiger partial charge >= 0.3 is 0 Å². The number of oxime groups is 1. The monoisotopic (exact) mass is 330 g/mol. The van der Waals surface area contributed by atoms with E-state index >= 15 is 0 Å². The van der Waals surface area contributed by atoms with Crippen LogP contribution in [-0.4, -0.2) is 48.8 Å². The van der Waals surface area contributed by atoms with E-state index in [-0.39, 0.29) is 18.4 Å². The molecule has 2 aromatic rings. The smallest absolute Gasteiger partial charge is 0.254 e. The lowest BCUT2D eigenvalue weighted by Gasteiger charge is -2.16. The maximum atomic E-state index is 12.3. The summed E-state index contributed by atoms with van der Waals surface area (Å²) in [6.45, 7) is 1.62. The van der Waals surface area contributed by atoms with Gasteiger partial charge in [-0.2, -0.15) is 0 Å². The molecule has 24 heavy (non-hydrogen) atoms. The molecule has 0 bridgehead atoms. The average Bonchev–Trinajstić information content (AvgIpc) is 2.97. The Labute approximate surface area is 139 Å². The van der Waals surface area contributed by atoms with Crippen LogP contribution in [0.1, 0.15) is 21.7 Å². The summed E-state index contributed by atoms with van der Waals surface area (Å²) in [7, 11) is 3.00. The molecule has 8 heteroatoms. The Balaban J connectivity index is 1.93. The zero-order valence-corrected chi connectivity index (χ0v) is 13.6. The third-order valence-electron chi connectivity index (χ3n) is 3.09. The van der Waals surface area contributed by atoms with Crippen molar-refractivity contribution in [3.05, 3.63) is 47.2 Å². The normalized spacial score (nSPS) is 10.6. The van der Waals surface area contributed by atoms with E-state index in [1.165, 1.54) is 18.2 Å². The predicted molar refractivity (Wildman–Crippen MR) is 87.9 cm³/mol. The van der Waals surface area contributed by atoms with Gasteiger partial charge in [0.25, 0.3) is 5.91 Å². The third kappa shape index (κ3) is 4.67. The number of aromatic nitrogens is 1. The summed E-state index contributed by atoms with van der Waals surface area (Å²) in [6, 6.07) is 8.40. The molecule has 1 aromatic carbocycles. The quantitative estimate of drug-likeness (QED) is 0.642. The summed E-state index contributed by atoms with van der Waals surface area (Å²) in [6.07, 6.45) is 1.53. The van der Waals surface area contributed by atoms with Crippen molar-refractivity contribution in [1.82, 2.24) is 10.1 Å². The van der Waals surface area contributed by atoms with E-state index < -0.39 is 0 Å². The van der Waals surface area contributed by atoms with E-state index in [1.54, 1.807) is 44.3 Å². The van der Waals surface area contributed by atoms with Gasteiger partial charge in [0.05, 0.1) is 12.8 Å². The van der Waals surface area contributed by atoms with Gasteiger partial charge in [-0.15, -0.1) is 0 Å². The van der Waals surface area contributed by atoms with Crippen LogP contribution in [0.2, 0.25) is 0 Å². The highest BCUT2D eigenvalue weighted by Crippen LogP contribution is 2.08. The van der Waals surface area contributed by atoms with Crippen LogP contribution in [-0.2, 0) is 9.63 Å². The van der Waals surface area contributed by atoms with Crippen molar-refractivity contribution < 1.29 is 18.9 Å². The fraction of sp³-hybridized carbons (Fsp3) is 0.250. The first-order valence-electron chi connectivity index (χ1n) is 7.15. The van der Waals surface area contributed by atoms with Crippen LogP contribution in [0, 0.1) is 6.92 Å². The van der Waals surface area contributed by atoms with Crippen molar-refractivity contribution in [2.45, 2.75) is 6.92 Å². The fourth-order valence-corrected chi connectivity index (χ4v) is 1.94. The zero-order valence-electron chi connectivity index (χ0n) is 13.6. The molecular weight excluding hydrogens is 312 g/mol. The maximum absolute atomic E-state index is 12.3. The Kier molecular flexibility index (Phi) is 5.67. The molecule has 2 amide bonds. The molecule has 1 heterocycles. The van der Waals surface area contributed by atoms with Crippen molar-refractivity contribution >= 4 is 23.8 Å². The summed E-state index contributed by atoms with van der Waals surface area (Å²) in [5, 5.41) is 9.88. The number of carbonyl (C=O) groups is 2. The Hall–Kier alpha value is -3.16. The zero-order chi connectivity index (χ0) is 17.5. The van der Waals surface area contributed by atoms with Crippen LogP contribution in [0.4, 0.5) is 5.82 Å². The number of carbonyl (C=O) groups excluding carboxylic acids is 2. The molecule has 8 nitrogen and oxygen atoms in total. The van der Waals surface area contributed by atoms with Gasteiger partial charge in [-0.3, -0.25) is 9.59 Å². The number of nitrogens with zero attached hydrogens (tertiary/aromatic N) is 3. The summed E-state index contributed by atoms with van der Waals surface area (Å²) in [5.41, 5.74) is 1.27. The lowest BCUT2D eigenvalue weighted by molar-refractivity contribution is -0.116. The molecule has 0 atom stereocenters. The highest BCUT2D eigenvalue weighted by Gasteiger charge is 2.15. The van der Waals surface area contributed by atoms with Crippen LogP contribution in [0.3, 0.4) is 0 Å². The van der Waals surface area contributed by atoms with Crippen LogP contribution >= 0.6 is 0 Å². The number of likely N-dealkylation sites (N-methyl/N-ethyl adjacent to an activating group) is 1. The number of nitrogens with one attached hydrogen (secondary N) is 1. The van der Waals surface area contributed by atoms with Crippen LogP contribution in [0.25, 0.3) is 0 Å². The number of anilines is 1. The minimum atomic E-state index is -0.358. The van der Waals surface area contributed by atoms with Gasteiger partial charge in [0, 0.05) is 18.7 Å². The van der Waals surface area contributed by atoms with Gasteiger partial charge in [-0.05, 0) is 24.6 Å². The van der Waals surface area contributed by atoms with E-state index in [9.17, 15) is 9.59 Å². The third-order valence-corrected chi connectivity index (χ3v) is 3.09. The Morgan fingerprint density at radius 3 is 2.67 bits per heavy atom. The minimum Gasteiger partial charge on any atom is -0.399 e. The number of aryl methyl sites for hydroxylation is 1. The maximum Gasteiger partial charge on any atom is 0.254 e. The molecular formula is C16H18N4O4. The Morgan fingerprint density at radius 2 is 2.08 bits per heavy atom. The second-order valence-corrected chi connectivity index (χ2v) is 5.07. The Bertz CT molecular complexity index is 737. The first kappa shape index (κ1) is 17.2. The van der Waals surface area contributed by atoms with Crippen LogP contribution in [0.15, 0.2) is 40.0 Å². The fourth-order valence-electron chi connectivity index (χ4n) is 1.94. The lowest BCUT2D eigenvalue weighted by atomic mass is 10.1. The van der Waals surface area contributed by atoms with E-state index in [0.29, 0.717) is 17.1 Å². The summed E-state index contributed by atoms with van der Waals surface area (Å²) < 4.78 is 4.86. The summed E-state index contributed by atoms with van der Waals surface area (Å²) in [5.74, 6) is 0.284. The van der Waals surface area contributed by atoms with Crippen molar-refractivity contribution in [3.8, 4) is 0 Å². The largest absolute Gasteiger partial charge is 0.399 e. The molecule has 0 saturated carbocycles. The summed E-state index contributed by atoms with van der Waals surface area (Å²) in [4.78, 5) is 30.2. The molecule has 2 rings (SSSR count). The van der Waals surface area contributed by atoms with Crippen molar-refractivity contribution in [2.24, 2.45) is 5.16 Å². The topological polar surface area (TPSA) is 97.0 Å². The van der Waals surface area contributed by atoms with E-state index in [0.717, 1.165) is 5.56 Å². The SMILES string of the molecule is CO/N=C/c1ccc(C(=O)N(C)CC(=O)Nc2cc(C)on2)cc1. The second-order valence-electron chi connectivity index (χ2n) is 5.07.